The summed E-state index contributed by atoms with van der Waals surface area (Å²) >= 11 is 1.17. The number of carbonyl (C=O) groups excluding carboxylic acids is 3. The topological polar surface area (TPSA) is 176 Å². The predicted octanol–water partition coefficient (Wildman–Crippen LogP) is -0.0701. The molecule has 0 aliphatic carbocycles. The normalized spacial score (nSPS) is 21.0. The number of β-lactam (4-membered cyclic amide) rings is 1. The van der Waals surface area contributed by atoms with E-state index < -0.39 is 46.2 Å². The van der Waals surface area contributed by atoms with Crippen molar-refractivity contribution in [3.8, 4) is 0 Å². The Morgan fingerprint density at radius 1 is 1.42 bits per heavy atom. The van der Waals surface area contributed by atoms with Gasteiger partial charge in [-0.1, -0.05) is 12.1 Å². The number of aliphatic hydroxyl groups excluding tert-OH is 1. The van der Waals surface area contributed by atoms with E-state index in [1.165, 1.54) is 36.9 Å². The molecule has 3 rings (SSSR count). The van der Waals surface area contributed by atoms with E-state index in [0.29, 0.717) is 0 Å². The van der Waals surface area contributed by atoms with Gasteiger partial charge in [0, 0.05) is 30.4 Å². The number of fused-ring (bicyclic) bond motifs is 1. The second-order valence-corrected chi connectivity index (χ2v) is 7.79. The molecule has 1 fully saturated rings. The number of ether oxygens (including phenoxy) is 1. The van der Waals surface area contributed by atoms with Crippen molar-refractivity contribution >= 4 is 41.2 Å². The van der Waals surface area contributed by atoms with Crippen LogP contribution in [0.3, 0.4) is 0 Å². The number of nitro groups is 1. The summed E-state index contributed by atoms with van der Waals surface area (Å²) in [5.74, 6) is -3.47. The zero-order chi connectivity index (χ0) is 22.9. The highest BCUT2D eigenvalue weighted by Gasteiger charge is 2.54. The quantitative estimate of drug-likeness (QED) is 0.220. The number of rotatable bonds is 7. The summed E-state index contributed by atoms with van der Waals surface area (Å²) in [6, 6.07) is 3.80. The average Bonchev–Trinajstić information content (AvgIpc) is 2.74. The first-order chi connectivity index (χ1) is 14.6. The van der Waals surface area contributed by atoms with Gasteiger partial charge in [-0.2, -0.15) is 0 Å². The Hall–Kier alpha value is -3.45. The number of non-ortho nitro benzene ring substituents is 1. The molecule has 12 nitrogen and oxygen atoms in total. The first-order valence-corrected chi connectivity index (χ1v) is 9.92. The lowest BCUT2D eigenvalue weighted by Gasteiger charge is -2.49. The van der Waals surface area contributed by atoms with Crippen LogP contribution in [0, 0.1) is 10.1 Å². The van der Waals surface area contributed by atoms with Crippen molar-refractivity contribution in [2.45, 2.75) is 24.4 Å². The molecule has 3 atom stereocenters. The molecule has 1 aromatic carbocycles. The van der Waals surface area contributed by atoms with Crippen molar-refractivity contribution in [1.82, 2.24) is 10.2 Å². The number of thioether (sulfide) groups is 1. The molecule has 0 aromatic heterocycles. The second kappa shape index (κ2) is 8.73. The lowest BCUT2D eigenvalue weighted by atomic mass is 10.0. The Balaban J connectivity index is 1.73. The SMILES string of the molecule is CC(=O)OCC1=C(C(=O)O)N2C(=O)C(NC(=O)C(O)c3cccc([N+](=O)[O-])c3)C2SC1. The Morgan fingerprint density at radius 2 is 2.13 bits per heavy atom. The van der Waals surface area contributed by atoms with Crippen LogP contribution >= 0.6 is 11.8 Å². The highest BCUT2D eigenvalue weighted by atomic mass is 32.2. The van der Waals surface area contributed by atoms with Crippen LogP contribution in [0.25, 0.3) is 0 Å². The lowest BCUT2D eigenvalue weighted by Crippen LogP contribution is -2.71. The number of hydrogen-bond donors (Lipinski definition) is 3. The Bertz CT molecular complexity index is 1010. The first kappa shape index (κ1) is 22.2. The number of aliphatic hydroxyl groups is 1. The first-order valence-electron chi connectivity index (χ1n) is 8.88. The van der Waals surface area contributed by atoms with Crippen molar-refractivity contribution < 1.29 is 39.1 Å². The molecular formula is C18H17N3O9S. The van der Waals surface area contributed by atoms with Crippen LogP contribution in [0.2, 0.25) is 0 Å². The molecule has 2 amide bonds. The number of nitro benzene ring substituents is 1. The zero-order valence-electron chi connectivity index (χ0n) is 16.0. The summed E-state index contributed by atoms with van der Waals surface area (Å²) in [5.41, 5.74) is -0.394. The molecule has 13 heteroatoms. The largest absolute Gasteiger partial charge is 0.477 e. The fraction of sp³-hybridized carbons (Fsp3) is 0.333. The standard InChI is InChI=1S/C18H17N3O9S/c1-8(22)30-6-10-7-31-17-12(16(25)20(17)13(10)18(26)27)19-15(24)14(23)9-3-2-4-11(5-9)21(28)29/h2-5,12,14,17,23H,6-7H2,1H3,(H,19,24)(H,26,27). The van der Waals surface area contributed by atoms with Crippen LogP contribution in [-0.4, -0.2) is 67.6 Å². The van der Waals surface area contributed by atoms with Crippen LogP contribution in [0.5, 0.6) is 0 Å². The van der Waals surface area contributed by atoms with Crippen LogP contribution in [-0.2, 0) is 23.9 Å². The monoisotopic (exact) mass is 451 g/mol. The molecule has 2 aliphatic rings. The Labute approximate surface area is 179 Å². The zero-order valence-corrected chi connectivity index (χ0v) is 16.8. The number of carboxylic acids is 1. The van der Waals surface area contributed by atoms with Crippen LogP contribution < -0.4 is 5.32 Å². The average molecular weight is 451 g/mol. The summed E-state index contributed by atoms with van der Waals surface area (Å²) in [6.07, 6.45) is -1.76. The summed E-state index contributed by atoms with van der Waals surface area (Å²) in [6.45, 7) is 0.899. The van der Waals surface area contributed by atoms with Crippen LogP contribution in [0.1, 0.15) is 18.6 Å². The maximum atomic E-state index is 12.6. The van der Waals surface area contributed by atoms with Crippen molar-refractivity contribution in [2.75, 3.05) is 12.4 Å². The van der Waals surface area contributed by atoms with Gasteiger partial charge in [-0.15, -0.1) is 11.8 Å². The van der Waals surface area contributed by atoms with E-state index in [2.05, 4.69) is 5.32 Å². The van der Waals surface area contributed by atoms with E-state index >= 15 is 0 Å². The second-order valence-electron chi connectivity index (χ2n) is 6.69. The van der Waals surface area contributed by atoms with E-state index in [-0.39, 0.29) is 34.9 Å². The van der Waals surface area contributed by atoms with Gasteiger partial charge in [-0.25, -0.2) is 4.79 Å². The summed E-state index contributed by atoms with van der Waals surface area (Å²) in [4.78, 5) is 58.8. The van der Waals surface area contributed by atoms with E-state index in [1.54, 1.807) is 0 Å². The third kappa shape index (κ3) is 4.36. The van der Waals surface area contributed by atoms with Crippen LogP contribution in [0.4, 0.5) is 5.69 Å². The van der Waals surface area contributed by atoms with Gasteiger partial charge in [0.2, 0.25) is 0 Å². The molecule has 1 aromatic rings. The van der Waals surface area contributed by atoms with Gasteiger partial charge in [0.25, 0.3) is 17.5 Å². The number of carboxylic acid groups (broad SMARTS) is 1. The third-order valence-corrected chi connectivity index (χ3v) is 5.98. The van der Waals surface area contributed by atoms with Gasteiger partial charge in [0.1, 0.15) is 23.7 Å². The molecule has 0 spiro atoms. The van der Waals surface area contributed by atoms with Gasteiger partial charge < -0.3 is 20.3 Å². The Morgan fingerprint density at radius 3 is 2.74 bits per heavy atom. The van der Waals surface area contributed by atoms with Gasteiger partial charge in [0.05, 0.1) is 4.92 Å². The number of amides is 2. The number of nitrogens with zero attached hydrogens (tertiary/aromatic N) is 2. The summed E-state index contributed by atoms with van der Waals surface area (Å²) in [7, 11) is 0. The molecule has 31 heavy (non-hydrogen) atoms. The van der Waals surface area contributed by atoms with E-state index in [9.17, 15) is 39.5 Å². The maximum absolute atomic E-state index is 12.6. The highest BCUT2D eigenvalue weighted by Crippen LogP contribution is 2.40. The van der Waals surface area contributed by atoms with E-state index in [1.807, 2.05) is 0 Å². The Kier molecular flexibility index (Phi) is 6.27. The molecule has 2 heterocycles. The molecule has 164 valence electrons. The molecule has 3 unspecified atom stereocenters. The maximum Gasteiger partial charge on any atom is 0.352 e. The van der Waals surface area contributed by atoms with Gasteiger partial charge in [-0.05, 0) is 5.56 Å². The molecule has 2 aliphatic heterocycles. The number of carbonyl (C=O) groups is 4. The van der Waals surface area contributed by atoms with Crippen molar-refractivity contribution in [1.29, 1.82) is 0 Å². The van der Waals surface area contributed by atoms with Gasteiger partial charge in [0.15, 0.2) is 6.10 Å². The summed E-state index contributed by atoms with van der Waals surface area (Å²) < 4.78 is 4.84. The number of esters is 1. The molecule has 0 radical (unpaired) electrons. The molecule has 0 bridgehead atoms. The fourth-order valence-electron chi connectivity index (χ4n) is 3.18. The van der Waals surface area contributed by atoms with Crippen LogP contribution in [0.15, 0.2) is 35.5 Å². The minimum Gasteiger partial charge on any atom is -0.477 e. The van der Waals surface area contributed by atoms with Crippen molar-refractivity contribution in [3.05, 3.63) is 51.2 Å². The third-order valence-electron chi connectivity index (χ3n) is 4.64. The summed E-state index contributed by atoms with van der Waals surface area (Å²) in [5, 5.41) is 32.2. The van der Waals surface area contributed by atoms with E-state index in [4.69, 9.17) is 4.74 Å². The number of aliphatic carboxylic acids is 1. The minimum absolute atomic E-state index is 0.0265. The highest BCUT2D eigenvalue weighted by molar-refractivity contribution is 8.00. The molecule has 1 saturated heterocycles. The smallest absolute Gasteiger partial charge is 0.352 e. The minimum atomic E-state index is -1.76. The molecular weight excluding hydrogens is 434 g/mol. The number of benzene rings is 1. The molecule has 3 N–H and O–H groups in total. The predicted molar refractivity (Wildman–Crippen MR) is 104 cm³/mol. The number of nitrogens with one attached hydrogen (secondary N) is 1. The van der Waals surface area contributed by atoms with Gasteiger partial charge >= 0.3 is 11.9 Å². The number of hydrogen-bond acceptors (Lipinski definition) is 9. The van der Waals surface area contributed by atoms with Crippen molar-refractivity contribution in [3.63, 3.8) is 0 Å². The molecule has 0 saturated carbocycles. The van der Waals surface area contributed by atoms with E-state index in [0.717, 1.165) is 11.0 Å². The van der Waals surface area contributed by atoms with Gasteiger partial charge in [-0.3, -0.25) is 29.4 Å². The van der Waals surface area contributed by atoms with Crippen molar-refractivity contribution in [2.24, 2.45) is 0 Å². The fourth-order valence-corrected chi connectivity index (χ4v) is 4.50. The lowest BCUT2D eigenvalue weighted by molar-refractivity contribution is -0.385.